The zero-order valence-corrected chi connectivity index (χ0v) is 22.3. The van der Waals surface area contributed by atoms with Crippen LogP contribution in [0.1, 0.15) is 40.8 Å². The number of aryl methyl sites for hydroxylation is 6. The van der Waals surface area contributed by atoms with Gasteiger partial charge >= 0.3 is 0 Å². The standard InChI is InChI=1S/C23H33N3.CH4.CH3.Hf/c1-16-12-18(3)22(19(4)13-16)24-8-10-26(7)11-9-25-23-20(5)14-17(2)15-21(23)6;;;/h12-15,26H,7-11H2,1-6H3;1H4;1H3;/q-2;;-1;. The van der Waals surface area contributed by atoms with Crippen molar-refractivity contribution < 1.29 is 30.7 Å². The summed E-state index contributed by atoms with van der Waals surface area (Å²) in [5, 5.41) is 9.60. The van der Waals surface area contributed by atoms with Gasteiger partial charge in [0.1, 0.15) is 0 Å². The molecule has 4 heteroatoms. The summed E-state index contributed by atoms with van der Waals surface area (Å²) in [6.07, 6.45) is 0. The van der Waals surface area contributed by atoms with Gasteiger partial charge in [-0.3, -0.25) is 0 Å². The Balaban J connectivity index is 0. The van der Waals surface area contributed by atoms with Crippen LogP contribution in [-0.2, 0) is 25.8 Å². The predicted octanol–water partition coefficient (Wildman–Crippen LogP) is 6.01. The van der Waals surface area contributed by atoms with E-state index in [0.717, 1.165) is 37.6 Å². The Bertz CT molecular complexity index is 646. The van der Waals surface area contributed by atoms with Crippen LogP contribution in [0.5, 0.6) is 0 Å². The van der Waals surface area contributed by atoms with E-state index in [1.54, 1.807) is 0 Å². The van der Waals surface area contributed by atoms with Gasteiger partial charge in [-0.05, 0) is 41.5 Å². The Morgan fingerprint density at radius 1 is 0.690 bits per heavy atom. The summed E-state index contributed by atoms with van der Waals surface area (Å²) in [6, 6.07) is 8.80. The summed E-state index contributed by atoms with van der Waals surface area (Å²) in [5.74, 6) is 0. The first kappa shape index (κ1) is 30.1. The molecular formula is C25H40HfN3-3. The topological polar surface area (TPSA) is 32.6 Å². The summed E-state index contributed by atoms with van der Waals surface area (Å²) in [5.41, 5.74) is 9.90. The fraction of sp³-hybridized carbons (Fsp3) is 0.440. The zero-order chi connectivity index (χ0) is 19.3. The summed E-state index contributed by atoms with van der Waals surface area (Å²) >= 11 is 0. The number of hydrogen-bond donors (Lipinski definition) is 1. The second kappa shape index (κ2) is 14.0. The van der Waals surface area contributed by atoms with E-state index in [-0.39, 0.29) is 40.7 Å². The van der Waals surface area contributed by atoms with Crippen molar-refractivity contribution in [2.75, 3.05) is 26.2 Å². The molecule has 0 amide bonds. The third-order valence-corrected chi connectivity index (χ3v) is 4.74. The van der Waals surface area contributed by atoms with Crippen molar-refractivity contribution in [3.63, 3.8) is 0 Å². The van der Waals surface area contributed by atoms with E-state index < -0.39 is 0 Å². The number of nitrogens with zero attached hydrogens (tertiary/aromatic N) is 2. The number of benzene rings is 2. The molecule has 0 heterocycles. The van der Waals surface area contributed by atoms with E-state index >= 15 is 0 Å². The normalized spacial score (nSPS) is 9.93. The van der Waals surface area contributed by atoms with Gasteiger partial charge in [-0.25, -0.2) is 0 Å². The number of hydrogen-bond acceptors (Lipinski definition) is 0. The van der Waals surface area contributed by atoms with Crippen LogP contribution >= 0.6 is 0 Å². The van der Waals surface area contributed by atoms with Crippen molar-refractivity contribution in [1.82, 2.24) is 0 Å². The third kappa shape index (κ3) is 9.04. The quantitative estimate of drug-likeness (QED) is 0.303. The summed E-state index contributed by atoms with van der Waals surface area (Å²) in [7, 11) is 4.22. The molecular weight excluding hydrogens is 521 g/mol. The molecule has 0 unspecified atom stereocenters. The van der Waals surface area contributed by atoms with E-state index in [0.29, 0.717) is 0 Å². The van der Waals surface area contributed by atoms with Gasteiger partial charge in [-0.1, -0.05) is 78.2 Å². The molecule has 0 aliphatic heterocycles. The molecule has 0 radical (unpaired) electrons. The molecule has 0 saturated heterocycles. The average molecular weight is 561 g/mol. The predicted molar refractivity (Wildman–Crippen MR) is 126 cm³/mol. The first-order valence-corrected chi connectivity index (χ1v) is 9.45. The van der Waals surface area contributed by atoms with Gasteiger partial charge < -0.3 is 23.0 Å². The summed E-state index contributed by atoms with van der Waals surface area (Å²) in [4.78, 5) is 1.22. The van der Waals surface area contributed by atoms with Crippen molar-refractivity contribution in [1.29, 1.82) is 0 Å². The van der Waals surface area contributed by atoms with Gasteiger partial charge in [0.05, 0.1) is 0 Å². The van der Waals surface area contributed by atoms with Gasteiger partial charge in [-0.2, -0.15) is 7.05 Å². The average Bonchev–Trinajstić information content (AvgIpc) is 2.52. The fourth-order valence-electron chi connectivity index (χ4n) is 3.62. The van der Waals surface area contributed by atoms with Crippen LogP contribution in [0.4, 0.5) is 11.4 Å². The van der Waals surface area contributed by atoms with Crippen LogP contribution in [0, 0.1) is 56.0 Å². The van der Waals surface area contributed by atoms with Crippen molar-refractivity contribution in [3.05, 3.63) is 82.8 Å². The summed E-state index contributed by atoms with van der Waals surface area (Å²) in [6.45, 7) is 16.3. The molecule has 162 valence electrons. The van der Waals surface area contributed by atoms with E-state index in [1.807, 2.05) is 0 Å². The first-order chi connectivity index (χ1) is 12.3. The maximum atomic E-state index is 4.80. The Labute approximate surface area is 199 Å². The van der Waals surface area contributed by atoms with Crippen molar-refractivity contribution in [2.24, 2.45) is 0 Å². The second-order valence-electron chi connectivity index (χ2n) is 7.51. The molecule has 2 aromatic rings. The molecule has 0 bridgehead atoms. The van der Waals surface area contributed by atoms with Crippen LogP contribution < -0.4 is 4.90 Å². The monoisotopic (exact) mass is 562 g/mol. The molecule has 0 fully saturated rings. The number of nitrogens with one attached hydrogen (secondary N) is 1. The van der Waals surface area contributed by atoms with E-state index in [2.05, 4.69) is 72.9 Å². The molecule has 1 N–H and O–H groups in total. The molecule has 0 aliphatic carbocycles. The second-order valence-corrected chi connectivity index (χ2v) is 7.51. The molecule has 0 atom stereocenters. The van der Waals surface area contributed by atoms with Crippen LogP contribution in [-0.4, -0.2) is 26.2 Å². The van der Waals surface area contributed by atoms with Gasteiger partial charge in [0.15, 0.2) is 0 Å². The molecule has 0 aromatic heterocycles. The Morgan fingerprint density at radius 2 is 0.966 bits per heavy atom. The minimum atomic E-state index is 0. The maximum absolute atomic E-state index is 4.80. The zero-order valence-electron chi connectivity index (χ0n) is 18.7. The van der Waals surface area contributed by atoms with Crippen LogP contribution in [0.15, 0.2) is 24.3 Å². The molecule has 0 spiro atoms. The Hall–Kier alpha value is -1.13. The molecule has 3 nitrogen and oxygen atoms in total. The van der Waals surface area contributed by atoms with Gasteiger partial charge in [-0.15, -0.1) is 11.4 Å². The smallest absolute Gasteiger partial charge is 0.0366 e. The molecule has 0 aliphatic rings. The minimum absolute atomic E-state index is 0. The first-order valence-electron chi connectivity index (χ1n) is 9.45. The van der Waals surface area contributed by atoms with Gasteiger partial charge in [0.2, 0.25) is 0 Å². The molecule has 29 heavy (non-hydrogen) atoms. The van der Waals surface area contributed by atoms with Crippen LogP contribution in [0.3, 0.4) is 0 Å². The molecule has 2 rings (SSSR count). The van der Waals surface area contributed by atoms with E-state index in [9.17, 15) is 0 Å². The SMILES string of the molecule is C.[CH2-][NH+](CC[N-]c1c(C)cc(C)cc1C)CC[N-]c1c(C)cc(C)cc1C.[CH3-].[Hf]. The van der Waals surface area contributed by atoms with Crippen LogP contribution in [0.2, 0.25) is 0 Å². The van der Waals surface area contributed by atoms with Crippen molar-refractivity contribution >= 4 is 11.4 Å². The van der Waals surface area contributed by atoms with Crippen molar-refractivity contribution in [2.45, 2.75) is 49.0 Å². The fourth-order valence-corrected chi connectivity index (χ4v) is 3.62. The molecule has 2 aromatic carbocycles. The Morgan fingerprint density at radius 3 is 1.24 bits per heavy atom. The largest absolute Gasteiger partial charge is 0.680 e. The Kier molecular flexibility index (Phi) is 14.5. The maximum Gasteiger partial charge on any atom is 0.0366 e. The van der Waals surface area contributed by atoms with Gasteiger partial charge in [0.25, 0.3) is 0 Å². The van der Waals surface area contributed by atoms with Crippen molar-refractivity contribution in [3.8, 4) is 0 Å². The third-order valence-electron chi connectivity index (χ3n) is 4.74. The van der Waals surface area contributed by atoms with Crippen LogP contribution in [0.25, 0.3) is 10.6 Å². The number of rotatable bonds is 8. The van der Waals surface area contributed by atoms with E-state index in [4.69, 9.17) is 10.6 Å². The van der Waals surface area contributed by atoms with E-state index in [1.165, 1.54) is 38.3 Å². The summed E-state index contributed by atoms with van der Waals surface area (Å²) < 4.78 is 0. The van der Waals surface area contributed by atoms with Gasteiger partial charge in [0, 0.05) is 38.9 Å². The minimum Gasteiger partial charge on any atom is -0.680 e. The molecule has 0 saturated carbocycles. The number of quaternary nitrogens is 1.